The maximum Gasteiger partial charge on any atom is 0.230 e. The Labute approximate surface area is 155 Å². The highest BCUT2D eigenvalue weighted by Gasteiger charge is 2.29. The minimum atomic E-state index is -0.280. The number of nitrogens with zero attached hydrogens (tertiary/aromatic N) is 2. The number of amides is 1. The lowest BCUT2D eigenvalue weighted by molar-refractivity contribution is -0.137. The Morgan fingerprint density at radius 1 is 1.48 bits per heavy atom. The number of carbonyl (C=O) groups is 1. The lowest BCUT2D eigenvalue weighted by Crippen LogP contribution is -2.43. The highest BCUT2D eigenvalue weighted by molar-refractivity contribution is 6.29. The quantitative estimate of drug-likeness (QED) is 0.459. The first kappa shape index (κ1) is 19.6. The molecule has 25 heavy (non-hydrogen) atoms. The second-order valence-electron chi connectivity index (χ2n) is 6.48. The number of morpholine rings is 1. The maximum absolute atomic E-state index is 13.1. The maximum atomic E-state index is 13.1. The molecule has 136 valence electrons. The number of anilines is 1. The molecule has 6 heteroatoms. The van der Waals surface area contributed by atoms with Crippen molar-refractivity contribution in [2.24, 2.45) is 0 Å². The van der Waals surface area contributed by atoms with Crippen LogP contribution in [0.3, 0.4) is 0 Å². The van der Waals surface area contributed by atoms with Crippen LogP contribution in [0, 0.1) is 12.3 Å². The van der Waals surface area contributed by atoms with E-state index in [-0.39, 0.29) is 17.9 Å². The number of nitrogens with one attached hydrogen (secondary N) is 1. The van der Waals surface area contributed by atoms with Crippen LogP contribution >= 0.6 is 11.6 Å². The van der Waals surface area contributed by atoms with Gasteiger partial charge in [0.1, 0.15) is 5.15 Å². The Morgan fingerprint density at radius 3 is 2.84 bits per heavy atom. The van der Waals surface area contributed by atoms with Gasteiger partial charge in [0.15, 0.2) is 0 Å². The molecule has 0 saturated carbocycles. The number of rotatable bonds is 7. The zero-order valence-electron chi connectivity index (χ0n) is 14.9. The number of terminal acetylenes is 1. The van der Waals surface area contributed by atoms with Gasteiger partial charge in [-0.2, -0.15) is 0 Å². The summed E-state index contributed by atoms with van der Waals surface area (Å²) in [6, 6.07) is 2.01. The van der Waals surface area contributed by atoms with E-state index in [9.17, 15) is 4.79 Å². The minimum Gasteiger partial charge on any atom is -0.382 e. The zero-order chi connectivity index (χ0) is 18.2. The number of carbonyl (C=O) groups excluding carboxylic acids is 1. The van der Waals surface area contributed by atoms with Gasteiger partial charge in [0.05, 0.1) is 19.1 Å². The molecule has 1 aromatic heterocycles. The van der Waals surface area contributed by atoms with Gasteiger partial charge in [-0.05, 0) is 32.8 Å². The van der Waals surface area contributed by atoms with Crippen molar-refractivity contribution >= 4 is 23.2 Å². The summed E-state index contributed by atoms with van der Waals surface area (Å²) in [5.41, 5.74) is 1.74. The standard InChI is InChI=1S/C19H26ClN3O2/c1-4-5-6-7-15(19(24)23-8-10-25-11-9-23)16-13-21-18(20)12-17(16)22-14(2)3/h1,12-15H,5-11H2,2-3H3,(H,21,22). The van der Waals surface area contributed by atoms with Gasteiger partial charge in [-0.25, -0.2) is 4.98 Å². The largest absolute Gasteiger partial charge is 0.382 e. The molecule has 0 aromatic carbocycles. The van der Waals surface area contributed by atoms with Crippen LogP contribution in [0.2, 0.25) is 5.15 Å². The summed E-state index contributed by atoms with van der Waals surface area (Å²) in [5.74, 6) is 2.48. The van der Waals surface area contributed by atoms with Crippen LogP contribution in [0.25, 0.3) is 0 Å². The molecule has 0 spiro atoms. The average Bonchev–Trinajstić information content (AvgIpc) is 2.59. The third-order valence-electron chi connectivity index (χ3n) is 4.16. The van der Waals surface area contributed by atoms with Gasteiger partial charge in [-0.1, -0.05) is 11.6 Å². The Bertz CT molecular complexity index is 622. The summed E-state index contributed by atoms with van der Waals surface area (Å²) >= 11 is 6.07. The molecular formula is C19H26ClN3O2. The normalized spacial score (nSPS) is 15.7. The van der Waals surface area contributed by atoms with Crippen LogP contribution in [0.1, 0.15) is 44.6 Å². The van der Waals surface area contributed by atoms with Crippen molar-refractivity contribution in [1.82, 2.24) is 9.88 Å². The van der Waals surface area contributed by atoms with E-state index in [0.717, 1.165) is 17.7 Å². The molecule has 1 saturated heterocycles. The van der Waals surface area contributed by atoms with Gasteiger partial charge in [-0.15, -0.1) is 12.3 Å². The minimum absolute atomic E-state index is 0.108. The fraction of sp³-hybridized carbons (Fsp3) is 0.579. The molecule has 2 heterocycles. The fourth-order valence-electron chi connectivity index (χ4n) is 2.98. The first-order valence-corrected chi connectivity index (χ1v) is 9.12. The molecule has 1 N–H and O–H groups in total. The van der Waals surface area contributed by atoms with E-state index in [1.54, 1.807) is 12.3 Å². The third kappa shape index (κ3) is 5.62. The van der Waals surface area contributed by atoms with E-state index in [1.807, 2.05) is 4.90 Å². The van der Waals surface area contributed by atoms with E-state index < -0.39 is 0 Å². The zero-order valence-corrected chi connectivity index (χ0v) is 15.7. The molecule has 1 atom stereocenters. The van der Waals surface area contributed by atoms with Gasteiger partial charge in [0, 0.05) is 43.0 Å². The number of hydrogen-bond donors (Lipinski definition) is 1. The Morgan fingerprint density at radius 2 is 2.20 bits per heavy atom. The number of ether oxygens (including phenoxy) is 1. The topological polar surface area (TPSA) is 54.5 Å². The van der Waals surface area contributed by atoms with Gasteiger partial charge >= 0.3 is 0 Å². The summed E-state index contributed by atoms with van der Waals surface area (Å²) in [4.78, 5) is 19.2. The molecule has 0 radical (unpaired) electrons. The summed E-state index contributed by atoms with van der Waals surface area (Å²) in [7, 11) is 0. The van der Waals surface area contributed by atoms with Crippen molar-refractivity contribution in [3.63, 3.8) is 0 Å². The van der Waals surface area contributed by atoms with Crippen molar-refractivity contribution in [3.8, 4) is 12.3 Å². The van der Waals surface area contributed by atoms with Crippen LogP contribution in [0.15, 0.2) is 12.3 Å². The highest BCUT2D eigenvalue weighted by Crippen LogP contribution is 2.32. The van der Waals surface area contributed by atoms with Gasteiger partial charge in [-0.3, -0.25) is 4.79 Å². The van der Waals surface area contributed by atoms with E-state index in [4.69, 9.17) is 22.8 Å². The van der Waals surface area contributed by atoms with Crippen molar-refractivity contribution < 1.29 is 9.53 Å². The molecule has 0 bridgehead atoms. The summed E-state index contributed by atoms with van der Waals surface area (Å²) in [5, 5.41) is 3.79. The predicted octanol–water partition coefficient (Wildman–Crippen LogP) is 3.30. The van der Waals surface area contributed by atoms with Crippen LogP contribution < -0.4 is 5.32 Å². The number of hydrogen-bond acceptors (Lipinski definition) is 4. The monoisotopic (exact) mass is 363 g/mol. The summed E-state index contributed by atoms with van der Waals surface area (Å²) < 4.78 is 5.36. The molecule has 5 nitrogen and oxygen atoms in total. The lowest BCUT2D eigenvalue weighted by Gasteiger charge is -2.31. The first-order valence-electron chi connectivity index (χ1n) is 8.75. The van der Waals surface area contributed by atoms with Gasteiger partial charge in [0.2, 0.25) is 5.91 Å². The van der Waals surface area contributed by atoms with E-state index in [0.29, 0.717) is 44.3 Å². The molecule has 0 aliphatic carbocycles. The van der Waals surface area contributed by atoms with Crippen molar-refractivity contribution in [2.75, 3.05) is 31.6 Å². The smallest absolute Gasteiger partial charge is 0.230 e. The number of pyridine rings is 1. The molecule has 1 aliphatic heterocycles. The molecule has 2 rings (SSSR count). The van der Waals surface area contributed by atoms with Crippen LogP contribution in [-0.2, 0) is 9.53 Å². The Balaban J connectivity index is 2.30. The van der Waals surface area contributed by atoms with Crippen molar-refractivity contribution in [2.45, 2.75) is 45.1 Å². The third-order valence-corrected chi connectivity index (χ3v) is 4.36. The number of halogens is 1. The molecule has 1 aromatic rings. The Kier molecular flexibility index (Phi) is 7.54. The molecule has 1 unspecified atom stereocenters. The van der Waals surface area contributed by atoms with Crippen molar-refractivity contribution in [3.05, 3.63) is 23.0 Å². The lowest BCUT2D eigenvalue weighted by atomic mass is 9.91. The van der Waals surface area contributed by atoms with Crippen LogP contribution in [0.5, 0.6) is 0 Å². The van der Waals surface area contributed by atoms with E-state index in [1.165, 1.54) is 0 Å². The fourth-order valence-corrected chi connectivity index (χ4v) is 3.14. The Hall–Kier alpha value is -1.77. The predicted molar refractivity (Wildman–Crippen MR) is 101 cm³/mol. The molecular weight excluding hydrogens is 338 g/mol. The van der Waals surface area contributed by atoms with Crippen LogP contribution in [0.4, 0.5) is 5.69 Å². The number of unbranched alkanes of at least 4 members (excludes halogenated alkanes) is 1. The summed E-state index contributed by atoms with van der Waals surface area (Å²) in [6.45, 7) is 6.51. The highest BCUT2D eigenvalue weighted by atomic mass is 35.5. The van der Waals surface area contributed by atoms with E-state index >= 15 is 0 Å². The second-order valence-corrected chi connectivity index (χ2v) is 6.87. The summed E-state index contributed by atoms with van der Waals surface area (Å²) in [6.07, 6.45) is 9.24. The molecule has 1 fully saturated rings. The second kappa shape index (κ2) is 9.65. The first-order chi connectivity index (χ1) is 12.0. The molecule has 1 amide bonds. The average molecular weight is 364 g/mol. The van der Waals surface area contributed by atoms with Gasteiger partial charge in [0.25, 0.3) is 0 Å². The molecule has 1 aliphatic rings. The van der Waals surface area contributed by atoms with Crippen LogP contribution in [-0.4, -0.2) is 48.1 Å². The van der Waals surface area contributed by atoms with Gasteiger partial charge < -0.3 is 15.0 Å². The van der Waals surface area contributed by atoms with Crippen molar-refractivity contribution in [1.29, 1.82) is 0 Å². The SMILES string of the molecule is C#CCCCC(C(=O)N1CCOCC1)c1cnc(Cl)cc1NC(C)C. The van der Waals surface area contributed by atoms with E-state index in [2.05, 4.69) is 30.1 Å². The number of aromatic nitrogens is 1.